The third kappa shape index (κ3) is 5.35. The number of aliphatic imine (C=N–C) groups is 1. The average Bonchev–Trinajstić information content (AvgIpc) is 2.68. The summed E-state index contributed by atoms with van der Waals surface area (Å²) in [6.07, 6.45) is 4.23. The quantitative estimate of drug-likeness (QED) is 0.401. The van der Waals surface area contributed by atoms with Crippen molar-refractivity contribution in [3.63, 3.8) is 0 Å². The van der Waals surface area contributed by atoms with Gasteiger partial charge >= 0.3 is 0 Å². The number of para-hydroxylation sites is 2. The predicted octanol–water partition coefficient (Wildman–Crippen LogP) is 1.66. The normalized spacial score (nSPS) is 22.8. The van der Waals surface area contributed by atoms with Gasteiger partial charge in [-0.1, -0.05) is 12.1 Å². The van der Waals surface area contributed by atoms with E-state index in [1.54, 1.807) is 4.90 Å². The molecule has 1 aromatic rings. The number of anilines is 1. The van der Waals surface area contributed by atoms with Crippen LogP contribution in [0, 0.1) is 0 Å². The number of hydrogen-bond acceptors (Lipinski definition) is 4. The van der Waals surface area contributed by atoms with Gasteiger partial charge in [-0.25, -0.2) is 0 Å². The van der Waals surface area contributed by atoms with Crippen molar-refractivity contribution in [2.75, 3.05) is 31.1 Å². The molecule has 2 aliphatic rings. The summed E-state index contributed by atoms with van der Waals surface area (Å²) in [5, 5.41) is 16.4. The van der Waals surface area contributed by atoms with Crippen molar-refractivity contribution in [3.05, 3.63) is 24.3 Å². The molecule has 1 heterocycles. The zero-order chi connectivity index (χ0) is 19.1. The monoisotopic (exact) mass is 374 g/mol. The topological polar surface area (TPSA) is 86.2 Å². The second kappa shape index (κ2) is 9.60. The van der Waals surface area contributed by atoms with Gasteiger partial charge in [0.2, 0.25) is 0 Å². The Kier molecular flexibility index (Phi) is 6.92. The molecule has 0 saturated heterocycles. The summed E-state index contributed by atoms with van der Waals surface area (Å²) in [7, 11) is 0. The molecule has 0 radical (unpaired) electrons. The standard InChI is InChI=1S/C20H30N4O3/c1-2-21-20(23-15-8-10-16(25)11-9-15)22-12-5-13-24-17-6-3-4-7-18(17)27-14-19(24)26/h3-4,6-7,15-16,25H,2,5,8-14H2,1H3,(H2,21,22,23). The minimum absolute atomic E-state index is 0.0107. The van der Waals surface area contributed by atoms with Gasteiger partial charge in [0, 0.05) is 25.7 Å². The minimum Gasteiger partial charge on any atom is -0.482 e. The number of hydrogen-bond donors (Lipinski definition) is 3. The number of nitrogens with zero attached hydrogens (tertiary/aromatic N) is 2. The first-order valence-corrected chi connectivity index (χ1v) is 9.92. The molecule has 0 aromatic heterocycles. The van der Waals surface area contributed by atoms with Crippen molar-refractivity contribution in [3.8, 4) is 5.75 Å². The van der Waals surface area contributed by atoms with Gasteiger partial charge in [-0.15, -0.1) is 0 Å². The maximum atomic E-state index is 12.2. The maximum Gasteiger partial charge on any atom is 0.265 e. The highest BCUT2D eigenvalue weighted by Gasteiger charge is 2.24. The van der Waals surface area contributed by atoms with Gasteiger partial charge in [-0.3, -0.25) is 9.79 Å². The number of nitrogens with one attached hydrogen (secondary N) is 2. The van der Waals surface area contributed by atoms with Gasteiger partial charge in [0.15, 0.2) is 12.6 Å². The van der Waals surface area contributed by atoms with E-state index in [1.165, 1.54) is 0 Å². The molecule has 1 fully saturated rings. The lowest BCUT2D eigenvalue weighted by atomic mass is 9.93. The summed E-state index contributed by atoms with van der Waals surface area (Å²) in [5.74, 6) is 1.56. The number of aliphatic hydroxyl groups is 1. The van der Waals surface area contributed by atoms with Crippen LogP contribution in [-0.2, 0) is 4.79 Å². The Balaban J connectivity index is 1.51. The third-order valence-electron chi connectivity index (χ3n) is 5.00. The first-order valence-electron chi connectivity index (χ1n) is 9.92. The fraction of sp³-hybridized carbons (Fsp3) is 0.600. The smallest absolute Gasteiger partial charge is 0.265 e. The fourth-order valence-corrected chi connectivity index (χ4v) is 3.55. The first kappa shape index (κ1) is 19.5. The lowest BCUT2D eigenvalue weighted by Gasteiger charge is -2.29. The number of carbonyl (C=O) groups is 1. The highest BCUT2D eigenvalue weighted by Crippen LogP contribution is 2.31. The molecule has 1 saturated carbocycles. The highest BCUT2D eigenvalue weighted by molar-refractivity contribution is 5.97. The van der Waals surface area contributed by atoms with E-state index in [0.717, 1.165) is 56.0 Å². The van der Waals surface area contributed by atoms with Crippen LogP contribution in [0.4, 0.5) is 5.69 Å². The largest absolute Gasteiger partial charge is 0.482 e. The van der Waals surface area contributed by atoms with Crippen LogP contribution in [-0.4, -0.2) is 55.4 Å². The first-order chi connectivity index (χ1) is 13.2. The molecular weight excluding hydrogens is 344 g/mol. The van der Waals surface area contributed by atoms with Crippen molar-refractivity contribution in [2.45, 2.75) is 51.2 Å². The Hall–Kier alpha value is -2.28. The van der Waals surface area contributed by atoms with Crippen molar-refractivity contribution in [2.24, 2.45) is 4.99 Å². The molecule has 1 aliphatic carbocycles. The van der Waals surface area contributed by atoms with Crippen molar-refractivity contribution < 1.29 is 14.6 Å². The van der Waals surface area contributed by atoms with Crippen molar-refractivity contribution in [1.82, 2.24) is 10.6 Å². The van der Waals surface area contributed by atoms with E-state index in [0.29, 0.717) is 19.1 Å². The molecular formula is C20H30N4O3. The maximum absolute atomic E-state index is 12.2. The number of amides is 1. The van der Waals surface area contributed by atoms with Crippen LogP contribution in [0.15, 0.2) is 29.3 Å². The van der Waals surface area contributed by atoms with Gasteiger partial charge in [-0.05, 0) is 51.2 Å². The van der Waals surface area contributed by atoms with Crippen LogP contribution in [0.5, 0.6) is 5.75 Å². The molecule has 0 unspecified atom stereocenters. The van der Waals surface area contributed by atoms with E-state index in [-0.39, 0.29) is 18.6 Å². The van der Waals surface area contributed by atoms with E-state index in [2.05, 4.69) is 15.6 Å². The van der Waals surface area contributed by atoms with Gasteiger partial charge in [-0.2, -0.15) is 0 Å². The molecule has 7 heteroatoms. The summed E-state index contributed by atoms with van der Waals surface area (Å²) in [6, 6.07) is 7.99. The fourth-order valence-electron chi connectivity index (χ4n) is 3.55. The number of aliphatic hydroxyl groups excluding tert-OH is 1. The average molecular weight is 374 g/mol. The van der Waals surface area contributed by atoms with Gasteiger partial charge < -0.3 is 25.4 Å². The van der Waals surface area contributed by atoms with Crippen LogP contribution in [0.3, 0.4) is 0 Å². The van der Waals surface area contributed by atoms with Crippen LogP contribution >= 0.6 is 0 Å². The van der Waals surface area contributed by atoms with E-state index in [4.69, 9.17) is 4.74 Å². The van der Waals surface area contributed by atoms with Crippen LogP contribution in [0.25, 0.3) is 0 Å². The Morgan fingerprint density at radius 3 is 2.85 bits per heavy atom. The minimum atomic E-state index is -0.156. The number of ether oxygens (including phenoxy) is 1. The summed E-state index contributed by atoms with van der Waals surface area (Å²) >= 11 is 0. The van der Waals surface area contributed by atoms with Gasteiger partial charge in [0.05, 0.1) is 11.8 Å². The number of guanidine groups is 1. The molecule has 0 atom stereocenters. The molecule has 3 N–H and O–H groups in total. The second-order valence-electron chi connectivity index (χ2n) is 7.07. The molecule has 1 amide bonds. The molecule has 3 rings (SSSR count). The van der Waals surface area contributed by atoms with Crippen LogP contribution in [0.1, 0.15) is 39.0 Å². The molecule has 0 bridgehead atoms. The molecule has 27 heavy (non-hydrogen) atoms. The number of rotatable bonds is 6. The van der Waals surface area contributed by atoms with Crippen LogP contribution < -0.4 is 20.3 Å². The Bertz CT molecular complexity index is 656. The summed E-state index contributed by atoms with van der Waals surface area (Å²) < 4.78 is 5.48. The second-order valence-corrected chi connectivity index (χ2v) is 7.07. The van der Waals surface area contributed by atoms with Crippen molar-refractivity contribution >= 4 is 17.6 Å². The third-order valence-corrected chi connectivity index (χ3v) is 5.00. The predicted molar refractivity (Wildman–Crippen MR) is 106 cm³/mol. The Morgan fingerprint density at radius 2 is 2.07 bits per heavy atom. The van der Waals surface area contributed by atoms with Gasteiger partial charge in [0.25, 0.3) is 5.91 Å². The van der Waals surface area contributed by atoms with Gasteiger partial charge in [0.1, 0.15) is 5.75 Å². The zero-order valence-corrected chi connectivity index (χ0v) is 16.0. The Morgan fingerprint density at radius 1 is 1.30 bits per heavy atom. The molecule has 1 aromatic carbocycles. The van der Waals surface area contributed by atoms with E-state index in [1.807, 2.05) is 31.2 Å². The lowest BCUT2D eigenvalue weighted by Crippen LogP contribution is -2.45. The zero-order valence-electron chi connectivity index (χ0n) is 16.0. The summed E-state index contributed by atoms with van der Waals surface area (Å²) in [4.78, 5) is 18.6. The summed E-state index contributed by atoms with van der Waals surface area (Å²) in [6.45, 7) is 4.20. The molecule has 148 valence electrons. The summed E-state index contributed by atoms with van der Waals surface area (Å²) in [5.41, 5.74) is 0.837. The SMILES string of the molecule is CCNC(=NCCCN1C(=O)COc2ccccc21)NC1CCC(O)CC1. The Labute approximate surface area is 160 Å². The number of carbonyl (C=O) groups excluding carboxylic acids is 1. The van der Waals surface area contributed by atoms with Crippen LogP contribution in [0.2, 0.25) is 0 Å². The van der Waals surface area contributed by atoms with E-state index >= 15 is 0 Å². The highest BCUT2D eigenvalue weighted by atomic mass is 16.5. The number of fused-ring (bicyclic) bond motifs is 1. The molecule has 7 nitrogen and oxygen atoms in total. The lowest BCUT2D eigenvalue weighted by molar-refractivity contribution is -0.121. The molecule has 0 spiro atoms. The number of benzene rings is 1. The van der Waals surface area contributed by atoms with E-state index < -0.39 is 0 Å². The van der Waals surface area contributed by atoms with E-state index in [9.17, 15) is 9.90 Å². The van der Waals surface area contributed by atoms with Crippen molar-refractivity contribution in [1.29, 1.82) is 0 Å². The molecule has 1 aliphatic heterocycles.